The Morgan fingerprint density at radius 3 is 2.71 bits per heavy atom. The first-order chi connectivity index (χ1) is 10.1. The van der Waals surface area contributed by atoms with Crippen molar-refractivity contribution in [3.8, 4) is 0 Å². The van der Waals surface area contributed by atoms with E-state index in [2.05, 4.69) is 4.72 Å². The van der Waals surface area contributed by atoms with Gasteiger partial charge in [-0.05, 0) is 37.7 Å². The van der Waals surface area contributed by atoms with Gasteiger partial charge in [-0.1, -0.05) is 0 Å². The third-order valence-electron chi connectivity index (χ3n) is 3.96. The van der Waals surface area contributed by atoms with Gasteiger partial charge in [0.05, 0.1) is 11.5 Å². The molecule has 6 nitrogen and oxygen atoms in total. The van der Waals surface area contributed by atoms with Crippen LogP contribution in [0, 0.1) is 5.92 Å². The summed E-state index contributed by atoms with van der Waals surface area (Å²) < 4.78 is 34.5. The lowest BCUT2D eigenvalue weighted by molar-refractivity contribution is 0.129. The molecule has 7 heteroatoms. The van der Waals surface area contributed by atoms with Crippen LogP contribution < -0.4 is 10.5 Å². The Labute approximate surface area is 125 Å². The summed E-state index contributed by atoms with van der Waals surface area (Å²) in [5.74, 6) is 0.696. The molecule has 1 aromatic rings. The van der Waals surface area contributed by atoms with Crippen LogP contribution in [0.15, 0.2) is 17.2 Å². The minimum atomic E-state index is -3.47. The average molecular weight is 313 g/mol. The molecule has 0 atom stereocenters. The molecule has 1 heterocycles. The van der Waals surface area contributed by atoms with E-state index >= 15 is 0 Å². The van der Waals surface area contributed by atoms with E-state index in [0.29, 0.717) is 36.6 Å². The van der Waals surface area contributed by atoms with Gasteiger partial charge in [-0.15, -0.1) is 0 Å². The highest BCUT2D eigenvalue weighted by atomic mass is 32.2. The molecule has 0 amide bonds. The van der Waals surface area contributed by atoms with Crippen molar-refractivity contribution >= 4 is 10.0 Å². The topological polar surface area (TPSA) is 86.3 Å². The highest BCUT2D eigenvalue weighted by Gasteiger charge is 2.27. The van der Waals surface area contributed by atoms with E-state index in [1.807, 2.05) is 4.57 Å². The zero-order valence-electron chi connectivity index (χ0n) is 12.1. The number of sulfonamides is 1. The van der Waals surface area contributed by atoms with Crippen LogP contribution in [-0.2, 0) is 21.3 Å². The van der Waals surface area contributed by atoms with E-state index in [0.717, 1.165) is 25.1 Å². The lowest BCUT2D eigenvalue weighted by atomic mass is 10.4. The molecule has 0 aromatic carbocycles. The molecule has 2 saturated carbocycles. The Morgan fingerprint density at radius 2 is 2.10 bits per heavy atom. The Hall–Kier alpha value is -0.890. The smallest absolute Gasteiger partial charge is 0.242 e. The van der Waals surface area contributed by atoms with Crippen molar-refractivity contribution in [1.82, 2.24) is 9.29 Å². The van der Waals surface area contributed by atoms with Crippen molar-refractivity contribution in [3.05, 3.63) is 18.0 Å². The fraction of sp³-hybridized carbons (Fsp3) is 0.714. The second-order valence-corrected chi connectivity index (χ2v) is 7.69. The lowest BCUT2D eigenvalue weighted by Gasteiger charge is -2.06. The number of hydrogen-bond acceptors (Lipinski definition) is 4. The van der Waals surface area contributed by atoms with Crippen molar-refractivity contribution < 1.29 is 13.2 Å². The van der Waals surface area contributed by atoms with E-state index in [1.165, 1.54) is 12.8 Å². The summed E-state index contributed by atoms with van der Waals surface area (Å²) in [6.07, 6.45) is 6.38. The zero-order chi connectivity index (χ0) is 14.9. The van der Waals surface area contributed by atoms with Crippen LogP contribution in [0.1, 0.15) is 37.4 Å². The molecule has 0 aliphatic heterocycles. The van der Waals surface area contributed by atoms with Crippen LogP contribution >= 0.6 is 0 Å². The lowest BCUT2D eigenvalue weighted by Crippen LogP contribution is -2.27. The summed E-state index contributed by atoms with van der Waals surface area (Å²) >= 11 is 0. The van der Waals surface area contributed by atoms with Crippen molar-refractivity contribution in [1.29, 1.82) is 0 Å². The van der Waals surface area contributed by atoms with Crippen molar-refractivity contribution in [2.75, 3.05) is 19.8 Å². The maximum atomic E-state index is 12.2. The molecule has 21 heavy (non-hydrogen) atoms. The molecule has 0 unspecified atom stereocenters. The van der Waals surface area contributed by atoms with Crippen LogP contribution in [-0.4, -0.2) is 32.7 Å². The van der Waals surface area contributed by atoms with Gasteiger partial charge >= 0.3 is 0 Å². The highest BCUT2D eigenvalue weighted by molar-refractivity contribution is 7.89. The zero-order valence-corrected chi connectivity index (χ0v) is 12.9. The van der Waals surface area contributed by atoms with Crippen LogP contribution in [0.2, 0.25) is 0 Å². The summed E-state index contributed by atoms with van der Waals surface area (Å²) in [7, 11) is -3.47. The number of ether oxygens (including phenoxy) is 1. The third kappa shape index (κ3) is 3.85. The Morgan fingerprint density at radius 1 is 1.33 bits per heavy atom. The quantitative estimate of drug-likeness (QED) is 0.666. The molecule has 3 N–H and O–H groups in total. The fourth-order valence-corrected chi connectivity index (χ4v) is 3.43. The van der Waals surface area contributed by atoms with Gasteiger partial charge in [0.25, 0.3) is 0 Å². The van der Waals surface area contributed by atoms with E-state index in [-0.39, 0.29) is 0 Å². The molecule has 118 valence electrons. The molecular weight excluding hydrogens is 290 g/mol. The first-order valence-corrected chi connectivity index (χ1v) is 9.06. The van der Waals surface area contributed by atoms with Crippen LogP contribution in [0.4, 0.5) is 0 Å². The Bertz CT molecular complexity index is 589. The Balaban J connectivity index is 1.55. The normalized spacial score (nSPS) is 19.1. The SMILES string of the molecule is NCc1cc(S(=O)(=O)NCCOCC2CC2)cn1C1CC1. The van der Waals surface area contributed by atoms with Crippen LogP contribution in [0.25, 0.3) is 0 Å². The predicted octanol–water partition coefficient (Wildman–Crippen LogP) is 0.987. The minimum Gasteiger partial charge on any atom is -0.380 e. The van der Waals surface area contributed by atoms with Gasteiger partial charge in [-0.2, -0.15) is 0 Å². The molecule has 2 aliphatic carbocycles. The van der Waals surface area contributed by atoms with Crippen molar-refractivity contribution in [2.45, 2.75) is 43.2 Å². The molecule has 0 spiro atoms. The van der Waals surface area contributed by atoms with E-state index in [4.69, 9.17) is 10.5 Å². The summed E-state index contributed by atoms with van der Waals surface area (Å²) in [5, 5.41) is 0. The summed E-state index contributed by atoms with van der Waals surface area (Å²) in [4.78, 5) is 0.303. The standard InChI is InChI=1S/C14H23N3O3S/c15-8-13-7-14(9-17(13)12-3-4-12)21(18,19)16-5-6-20-10-11-1-2-11/h7,9,11-12,16H,1-6,8,10,15H2. The van der Waals surface area contributed by atoms with E-state index < -0.39 is 10.0 Å². The monoisotopic (exact) mass is 313 g/mol. The molecular formula is C14H23N3O3S. The molecule has 0 radical (unpaired) electrons. The van der Waals surface area contributed by atoms with Crippen LogP contribution in [0.5, 0.6) is 0 Å². The summed E-state index contributed by atoms with van der Waals surface area (Å²) in [6.45, 7) is 1.83. The number of nitrogens with two attached hydrogens (primary N) is 1. The molecule has 0 bridgehead atoms. The van der Waals surface area contributed by atoms with Gasteiger partial charge in [-0.25, -0.2) is 13.1 Å². The summed E-state index contributed by atoms with van der Waals surface area (Å²) in [5.41, 5.74) is 6.57. The Kier molecular flexibility index (Phi) is 4.35. The maximum Gasteiger partial charge on any atom is 0.242 e. The molecule has 2 fully saturated rings. The van der Waals surface area contributed by atoms with Crippen molar-refractivity contribution in [3.63, 3.8) is 0 Å². The van der Waals surface area contributed by atoms with Gasteiger partial charge in [0.1, 0.15) is 0 Å². The largest absolute Gasteiger partial charge is 0.380 e. The van der Waals surface area contributed by atoms with Crippen LogP contribution in [0.3, 0.4) is 0 Å². The maximum absolute atomic E-state index is 12.2. The predicted molar refractivity (Wildman–Crippen MR) is 79.3 cm³/mol. The van der Waals surface area contributed by atoms with Gasteiger partial charge in [0.15, 0.2) is 0 Å². The second kappa shape index (κ2) is 6.08. The van der Waals surface area contributed by atoms with Gasteiger partial charge < -0.3 is 15.0 Å². The van der Waals surface area contributed by atoms with Gasteiger partial charge in [-0.3, -0.25) is 0 Å². The molecule has 3 rings (SSSR count). The highest BCUT2D eigenvalue weighted by Crippen LogP contribution is 2.37. The molecule has 2 aliphatic rings. The van der Waals surface area contributed by atoms with Crippen molar-refractivity contribution in [2.24, 2.45) is 11.7 Å². The van der Waals surface area contributed by atoms with Gasteiger partial charge in [0, 0.05) is 37.6 Å². The number of rotatable bonds is 9. The van der Waals surface area contributed by atoms with Gasteiger partial charge in [0.2, 0.25) is 10.0 Å². The van der Waals surface area contributed by atoms with E-state index in [1.54, 1.807) is 12.3 Å². The fourth-order valence-electron chi connectivity index (χ4n) is 2.37. The minimum absolute atomic E-state index is 0.303. The van der Waals surface area contributed by atoms with E-state index in [9.17, 15) is 8.42 Å². The molecule has 0 saturated heterocycles. The average Bonchev–Trinajstić information content (AvgIpc) is 3.37. The number of nitrogens with zero attached hydrogens (tertiary/aromatic N) is 1. The first kappa shape index (κ1) is 15.0. The number of aromatic nitrogens is 1. The first-order valence-electron chi connectivity index (χ1n) is 7.58. The third-order valence-corrected chi connectivity index (χ3v) is 5.38. The second-order valence-electron chi connectivity index (χ2n) is 5.93. The number of hydrogen-bond donors (Lipinski definition) is 2. The summed E-state index contributed by atoms with van der Waals surface area (Å²) in [6, 6.07) is 2.10. The number of nitrogens with one attached hydrogen (secondary N) is 1. The molecule has 1 aromatic heterocycles.